The molecule has 1 heterocycles. The molecule has 1 aromatic heterocycles. The number of rotatable bonds is 3. The third-order valence-corrected chi connectivity index (χ3v) is 2.97. The summed E-state index contributed by atoms with van der Waals surface area (Å²) in [5.74, 6) is -0.639. The number of aromatic nitrogens is 2. The number of benzene rings is 1. The van der Waals surface area contributed by atoms with Crippen LogP contribution in [0.25, 0.3) is 11.3 Å². The zero-order valence-corrected chi connectivity index (χ0v) is 11.5. The van der Waals surface area contributed by atoms with Gasteiger partial charge in [-0.2, -0.15) is 18.3 Å². The molecule has 0 amide bonds. The predicted octanol–water partition coefficient (Wildman–Crippen LogP) is 3.93. The highest BCUT2D eigenvalue weighted by atomic mass is 35.5. The van der Waals surface area contributed by atoms with E-state index in [4.69, 9.17) is 16.3 Å². The average molecular weight is 319 g/mol. The summed E-state index contributed by atoms with van der Waals surface area (Å²) in [5, 5.41) is 6.31. The van der Waals surface area contributed by atoms with E-state index < -0.39 is 17.7 Å². The van der Waals surface area contributed by atoms with Crippen LogP contribution in [-0.4, -0.2) is 22.8 Å². The van der Waals surface area contributed by atoms with Gasteiger partial charge in [-0.15, -0.1) is 0 Å². The number of alkyl halides is 3. The van der Waals surface area contributed by atoms with E-state index in [9.17, 15) is 18.0 Å². The summed E-state index contributed by atoms with van der Waals surface area (Å²) in [6.45, 7) is 1.82. The van der Waals surface area contributed by atoms with Crippen LogP contribution in [0.15, 0.2) is 24.3 Å². The Labute approximate surface area is 122 Å². The van der Waals surface area contributed by atoms with Crippen molar-refractivity contribution in [2.75, 3.05) is 6.61 Å². The Kier molecular flexibility index (Phi) is 4.22. The van der Waals surface area contributed by atoms with E-state index in [1.165, 1.54) is 6.07 Å². The lowest BCUT2D eigenvalue weighted by atomic mass is 10.1. The summed E-state index contributed by atoms with van der Waals surface area (Å²) in [7, 11) is 0. The normalized spacial score (nSPS) is 11.5. The molecule has 0 aliphatic carbocycles. The van der Waals surface area contributed by atoms with Crippen LogP contribution >= 0.6 is 11.6 Å². The van der Waals surface area contributed by atoms with Crippen LogP contribution in [0.1, 0.15) is 23.0 Å². The van der Waals surface area contributed by atoms with Gasteiger partial charge in [-0.05, 0) is 31.2 Å². The summed E-state index contributed by atoms with van der Waals surface area (Å²) in [6.07, 6.45) is -4.49. The third-order valence-electron chi connectivity index (χ3n) is 2.64. The van der Waals surface area contributed by atoms with Crippen molar-refractivity contribution in [1.82, 2.24) is 10.2 Å². The van der Waals surface area contributed by atoms with E-state index in [1.54, 1.807) is 6.92 Å². The molecule has 0 aliphatic rings. The third kappa shape index (κ3) is 3.36. The van der Waals surface area contributed by atoms with E-state index in [0.29, 0.717) is 0 Å². The van der Waals surface area contributed by atoms with Gasteiger partial charge in [-0.25, -0.2) is 4.79 Å². The molecule has 0 aliphatic heterocycles. The van der Waals surface area contributed by atoms with Crippen LogP contribution in [0.2, 0.25) is 5.02 Å². The van der Waals surface area contributed by atoms with E-state index in [0.717, 1.165) is 18.2 Å². The molecule has 0 saturated heterocycles. The van der Waals surface area contributed by atoms with Crippen molar-refractivity contribution in [1.29, 1.82) is 0 Å². The molecule has 0 atom stereocenters. The van der Waals surface area contributed by atoms with Gasteiger partial charge in [0.1, 0.15) is 5.69 Å². The molecule has 21 heavy (non-hydrogen) atoms. The Morgan fingerprint density at radius 1 is 1.38 bits per heavy atom. The number of aromatic amines is 1. The van der Waals surface area contributed by atoms with Crippen molar-refractivity contribution < 1.29 is 22.7 Å². The molecule has 112 valence electrons. The highest BCUT2D eigenvalue weighted by Crippen LogP contribution is 2.35. The van der Waals surface area contributed by atoms with Crippen molar-refractivity contribution in [3.05, 3.63) is 40.5 Å². The van der Waals surface area contributed by atoms with Crippen molar-refractivity contribution in [2.45, 2.75) is 13.1 Å². The van der Waals surface area contributed by atoms with Gasteiger partial charge in [0, 0.05) is 5.56 Å². The highest BCUT2D eigenvalue weighted by molar-refractivity contribution is 6.33. The smallest absolute Gasteiger partial charge is 0.416 e. The standard InChI is InChI=1S/C13H10ClF3N2O2/c1-2-21-12(20)11-6-10(18-19-11)8-5-7(13(15,16)17)3-4-9(8)14/h3-6H,2H2,1H3,(H,18,19). The fourth-order valence-electron chi connectivity index (χ4n) is 1.67. The highest BCUT2D eigenvalue weighted by Gasteiger charge is 2.31. The molecule has 0 spiro atoms. The second-order valence-electron chi connectivity index (χ2n) is 4.08. The Hall–Kier alpha value is -2.02. The molecule has 1 N–H and O–H groups in total. The predicted molar refractivity (Wildman–Crippen MR) is 70.0 cm³/mol. The van der Waals surface area contributed by atoms with Crippen LogP contribution in [-0.2, 0) is 10.9 Å². The lowest BCUT2D eigenvalue weighted by molar-refractivity contribution is -0.137. The minimum absolute atomic E-state index is 0.0420. The first-order valence-electron chi connectivity index (χ1n) is 5.92. The summed E-state index contributed by atoms with van der Waals surface area (Å²) < 4.78 is 42.9. The SMILES string of the molecule is CCOC(=O)c1cc(-c2cc(C(F)(F)F)ccc2Cl)n[nH]1. The minimum atomic E-state index is -4.49. The molecule has 0 bridgehead atoms. The maximum absolute atomic E-state index is 12.7. The number of hydrogen-bond donors (Lipinski definition) is 1. The lowest BCUT2D eigenvalue weighted by Crippen LogP contribution is -2.05. The van der Waals surface area contributed by atoms with Crippen molar-refractivity contribution in [3.63, 3.8) is 0 Å². The Bertz CT molecular complexity index is 668. The first-order chi connectivity index (χ1) is 9.82. The molecule has 0 unspecified atom stereocenters. The first-order valence-corrected chi connectivity index (χ1v) is 6.30. The largest absolute Gasteiger partial charge is 0.461 e. The molecule has 4 nitrogen and oxygen atoms in total. The second-order valence-corrected chi connectivity index (χ2v) is 4.49. The number of ether oxygens (including phenoxy) is 1. The Morgan fingerprint density at radius 2 is 2.10 bits per heavy atom. The van der Waals surface area contributed by atoms with Gasteiger partial charge in [-0.3, -0.25) is 5.10 Å². The van der Waals surface area contributed by atoms with Crippen LogP contribution in [0.4, 0.5) is 13.2 Å². The number of carbonyl (C=O) groups excluding carboxylic acids is 1. The number of nitrogens with zero attached hydrogens (tertiary/aromatic N) is 1. The summed E-state index contributed by atoms with van der Waals surface area (Å²) >= 11 is 5.89. The van der Waals surface area contributed by atoms with Gasteiger partial charge in [0.05, 0.1) is 22.9 Å². The molecule has 0 radical (unpaired) electrons. The Balaban J connectivity index is 2.40. The molecular weight excluding hydrogens is 309 g/mol. The van der Waals surface area contributed by atoms with Gasteiger partial charge < -0.3 is 4.74 Å². The number of hydrogen-bond acceptors (Lipinski definition) is 3. The fraction of sp³-hybridized carbons (Fsp3) is 0.231. The van der Waals surface area contributed by atoms with Gasteiger partial charge >= 0.3 is 12.1 Å². The maximum Gasteiger partial charge on any atom is 0.416 e. The number of H-pyrrole nitrogens is 1. The molecule has 1 aromatic carbocycles. The van der Waals surface area contributed by atoms with Gasteiger partial charge in [0.15, 0.2) is 0 Å². The minimum Gasteiger partial charge on any atom is -0.461 e. The van der Waals surface area contributed by atoms with E-state index in [-0.39, 0.29) is 28.6 Å². The molecule has 2 aromatic rings. The van der Waals surface area contributed by atoms with Crippen molar-refractivity contribution >= 4 is 17.6 Å². The molecule has 8 heteroatoms. The van der Waals surface area contributed by atoms with Crippen LogP contribution in [0, 0.1) is 0 Å². The van der Waals surface area contributed by atoms with Crippen LogP contribution in [0.5, 0.6) is 0 Å². The van der Waals surface area contributed by atoms with Crippen molar-refractivity contribution in [2.24, 2.45) is 0 Å². The number of nitrogens with one attached hydrogen (secondary N) is 1. The van der Waals surface area contributed by atoms with Gasteiger partial charge in [-0.1, -0.05) is 11.6 Å². The zero-order valence-electron chi connectivity index (χ0n) is 10.8. The molecule has 0 fully saturated rings. The average Bonchev–Trinajstić information content (AvgIpc) is 2.87. The van der Waals surface area contributed by atoms with Crippen LogP contribution in [0.3, 0.4) is 0 Å². The number of esters is 1. The van der Waals surface area contributed by atoms with Gasteiger partial charge in [0.25, 0.3) is 0 Å². The summed E-state index contributed by atoms with van der Waals surface area (Å²) in [5.41, 5.74) is -0.588. The number of carbonyl (C=O) groups is 1. The summed E-state index contributed by atoms with van der Waals surface area (Å²) in [6, 6.07) is 4.19. The number of halogens is 4. The first kappa shape index (κ1) is 15.4. The maximum atomic E-state index is 12.7. The zero-order chi connectivity index (χ0) is 15.6. The van der Waals surface area contributed by atoms with E-state index >= 15 is 0 Å². The molecule has 2 rings (SSSR count). The fourth-order valence-corrected chi connectivity index (χ4v) is 1.89. The monoisotopic (exact) mass is 318 g/mol. The Morgan fingerprint density at radius 3 is 2.71 bits per heavy atom. The molecular formula is C13H10ClF3N2O2. The molecule has 0 saturated carbocycles. The van der Waals surface area contributed by atoms with Crippen LogP contribution < -0.4 is 0 Å². The quantitative estimate of drug-likeness (QED) is 0.872. The van der Waals surface area contributed by atoms with E-state index in [1.807, 2.05) is 0 Å². The van der Waals surface area contributed by atoms with E-state index in [2.05, 4.69) is 10.2 Å². The summed E-state index contributed by atoms with van der Waals surface area (Å²) in [4.78, 5) is 11.5. The van der Waals surface area contributed by atoms with Gasteiger partial charge in [0.2, 0.25) is 0 Å². The van der Waals surface area contributed by atoms with Crippen molar-refractivity contribution in [3.8, 4) is 11.3 Å². The lowest BCUT2D eigenvalue weighted by Gasteiger charge is -2.08. The topological polar surface area (TPSA) is 55.0 Å². The second kappa shape index (κ2) is 5.77.